The molecule has 2 aromatic carbocycles. The van der Waals surface area contributed by atoms with Crippen LogP contribution in [0.3, 0.4) is 0 Å². The second-order valence-corrected chi connectivity index (χ2v) is 5.60. The first-order chi connectivity index (χ1) is 10.4. The van der Waals surface area contributed by atoms with E-state index in [9.17, 15) is 9.18 Å². The topological polar surface area (TPSA) is 81.1 Å². The highest BCUT2D eigenvalue weighted by molar-refractivity contribution is 5.85. The minimum absolute atomic E-state index is 0. The number of anilines is 1. The maximum atomic E-state index is 13.5. The highest BCUT2D eigenvalue weighted by Crippen LogP contribution is 2.16. The van der Waals surface area contributed by atoms with Crippen LogP contribution in [0.5, 0.6) is 0 Å². The molecule has 0 fully saturated rings. The average molecular weight is 374 g/mol. The molecular weight excluding hydrogens is 352 g/mol. The Morgan fingerprint density at radius 3 is 2.25 bits per heavy atom. The number of hydrogen-bond donors (Lipinski definition) is 3. The smallest absolute Gasteiger partial charge is 0.237 e. The summed E-state index contributed by atoms with van der Waals surface area (Å²) in [4.78, 5) is 11.2. The van der Waals surface area contributed by atoms with Gasteiger partial charge in [-0.25, -0.2) is 4.39 Å². The molecular formula is C17H22Cl2FN3O. The minimum Gasteiger partial charge on any atom is -0.381 e. The standard InChI is InChI=1S/C17H20FN3O.2ClH/c1-17(20,16(19)22)10-12-6-8-14(9-7-12)21-11-13-4-2-3-5-15(13)18;;/h2-9,21H,10-11,20H2,1H3,(H2,19,22);2*1H. The summed E-state index contributed by atoms with van der Waals surface area (Å²) < 4.78 is 13.5. The Morgan fingerprint density at radius 1 is 1.12 bits per heavy atom. The average Bonchev–Trinajstić information content (AvgIpc) is 2.47. The predicted octanol–water partition coefficient (Wildman–Crippen LogP) is 3.03. The van der Waals surface area contributed by atoms with Gasteiger partial charge in [-0.1, -0.05) is 30.3 Å². The summed E-state index contributed by atoms with van der Waals surface area (Å²) in [6, 6.07) is 14.1. The summed E-state index contributed by atoms with van der Waals surface area (Å²) in [5, 5.41) is 3.15. The quantitative estimate of drug-likeness (QED) is 0.727. The fraction of sp³-hybridized carbons (Fsp3) is 0.235. The van der Waals surface area contributed by atoms with Gasteiger partial charge in [0.25, 0.3) is 0 Å². The lowest BCUT2D eigenvalue weighted by atomic mass is 9.93. The first kappa shape index (κ1) is 22.2. The lowest BCUT2D eigenvalue weighted by Gasteiger charge is -2.20. The Hall–Kier alpha value is -1.82. The molecule has 0 aliphatic carbocycles. The Morgan fingerprint density at radius 2 is 1.71 bits per heavy atom. The van der Waals surface area contributed by atoms with Gasteiger partial charge in [0.05, 0.1) is 5.54 Å². The van der Waals surface area contributed by atoms with Crippen LogP contribution in [0.25, 0.3) is 0 Å². The van der Waals surface area contributed by atoms with Crippen LogP contribution in [0.4, 0.5) is 10.1 Å². The molecule has 0 bridgehead atoms. The first-order valence-corrected chi connectivity index (χ1v) is 7.03. The van der Waals surface area contributed by atoms with Gasteiger partial charge in [0, 0.05) is 17.8 Å². The van der Waals surface area contributed by atoms with Crippen molar-refractivity contribution in [2.24, 2.45) is 11.5 Å². The summed E-state index contributed by atoms with van der Waals surface area (Å²) in [6.45, 7) is 2.02. The van der Waals surface area contributed by atoms with Crippen molar-refractivity contribution in [3.05, 3.63) is 65.5 Å². The van der Waals surface area contributed by atoms with E-state index in [0.29, 0.717) is 18.5 Å². The molecule has 24 heavy (non-hydrogen) atoms. The molecule has 0 saturated carbocycles. The molecule has 1 amide bonds. The van der Waals surface area contributed by atoms with Crippen molar-refractivity contribution in [3.8, 4) is 0 Å². The molecule has 1 atom stereocenters. The monoisotopic (exact) mass is 373 g/mol. The van der Waals surface area contributed by atoms with Gasteiger partial charge in [0.1, 0.15) is 5.82 Å². The molecule has 1 unspecified atom stereocenters. The molecule has 0 aliphatic rings. The third-order valence-electron chi connectivity index (χ3n) is 3.53. The van der Waals surface area contributed by atoms with Gasteiger partial charge in [0.15, 0.2) is 0 Å². The highest BCUT2D eigenvalue weighted by Gasteiger charge is 2.25. The maximum absolute atomic E-state index is 13.5. The van der Waals surface area contributed by atoms with Crippen molar-refractivity contribution in [2.45, 2.75) is 25.4 Å². The van der Waals surface area contributed by atoms with Crippen molar-refractivity contribution in [2.75, 3.05) is 5.32 Å². The molecule has 132 valence electrons. The fourth-order valence-corrected chi connectivity index (χ4v) is 2.09. The molecule has 4 nitrogen and oxygen atoms in total. The third-order valence-corrected chi connectivity index (χ3v) is 3.53. The zero-order chi connectivity index (χ0) is 16.2. The van der Waals surface area contributed by atoms with Crippen LogP contribution in [0.1, 0.15) is 18.1 Å². The van der Waals surface area contributed by atoms with E-state index in [4.69, 9.17) is 11.5 Å². The highest BCUT2D eigenvalue weighted by atomic mass is 35.5. The van der Waals surface area contributed by atoms with Crippen molar-refractivity contribution in [1.29, 1.82) is 0 Å². The van der Waals surface area contributed by atoms with Crippen molar-refractivity contribution in [3.63, 3.8) is 0 Å². The van der Waals surface area contributed by atoms with Crippen LogP contribution in [0.2, 0.25) is 0 Å². The SMILES string of the molecule is CC(N)(Cc1ccc(NCc2ccccc2F)cc1)C(N)=O.Cl.Cl. The molecule has 0 heterocycles. The zero-order valence-electron chi connectivity index (χ0n) is 13.3. The van der Waals surface area contributed by atoms with Crippen LogP contribution in [0.15, 0.2) is 48.5 Å². The second kappa shape index (κ2) is 9.47. The van der Waals surface area contributed by atoms with Crippen LogP contribution in [-0.2, 0) is 17.8 Å². The Bertz CT molecular complexity index is 663. The number of nitrogens with two attached hydrogens (primary N) is 2. The van der Waals surface area contributed by atoms with E-state index in [0.717, 1.165) is 11.3 Å². The number of nitrogens with one attached hydrogen (secondary N) is 1. The predicted molar refractivity (Wildman–Crippen MR) is 100 cm³/mol. The number of amides is 1. The van der Waals surface area contributed by atoms with Crippen LogP contribution < -0.4 is 16.8 Å². The number of carbonyl (C=O) groups excluding carboxylic acids is 1. The van der Waals surface area contributed by atoms with E-state index in [2.05, 4.69) is 5.32 Å². The Kier molecular flexibility index (Phi) is 8.75. The number of carbonyl (C=O) groups is 1. The molecule has 0 spiro atoms. The number of rotatable bonds is 6. The van der Waals surface area contributed by atoms with E-state index in [1.807, 2.05) is 24.3 Å². The van der Waals surface area contributed by atoms with Crippen LogP contribution >= 0.6 is 24.8 Å². The van der Waals surface area contributed by atoms with Gasteiger partial charge >= 0.3 is 0 Å². The lowest BCUT2D eigenvalue weighted by Crippen LogP contribution is -2.51. The molecule has 0 saturated heterocycles. The van der Waals surface area contributed by atoms with Crippen molar-refractivity contribution in [1.82, 2.24) is 0 Å². The van der Waals surface area contributed by atoms with Crippen molar-refractivity contribution >= 4 is 36.4 Å². The van der Waals surface area contributed by atoms with Gasteiger partial charge in [-0.3, -0.25) is 4.79 Å². The number of hydrogen-bond acceptors (Lipinski definition) is 3. The second-order valence-electron chi connectivity index (χ2n) is 5.60. The summed E-state index contributed by atoms with van der Waals surface area (Å²) in [5.74, 6) is -0.763. The van der Waals surface area contributed by atoms with Crippen LogP contribution in [-0.4, -0.2) is 11.4 Å². The van der Waals surface area contributed by atoms with E-state index in [1.54, 1.807) is 25.1 Å². The van der Waals surface area contributed by atoms with E-state index in [1.165, 1.54) is 6.07 Å². The molecule has 0 aliphatic heterocycles. The lowest BCUT2D eigenvalue weighted by molar-refractivity contribution is -0.122. The Balaban J connectivity index is 0.00000264. The van der Waals surface area contributed by atoms with Gasteiger partial charge in [-0.15, -0.1) is 24.8 Å². The van der Waals surface area contributed by atoms with E-state index >= 15 is 0 Å². The normalized spacial score (nSPS) is 12.3. The maximum Gasteiger partial charge on any atom is 0.237 e. The number of primary amides is 1. The van der Waals surface area contributed by atoms with E-state index < -0.39 is 11.4 Å². The number of halogens is 3. The first-order valence-electron chi connectivity index (χ1n) is 7.03. The zero-order valence-corrected chi connectivity index (χ0v) is 14.9. The summed E-state index contributed by atoms with van der Waals surface area (Å²) in [6.07, 6.45) is 0.371. The molecule has 0 aromatic heterocycles. The third kappa shape index (κ3) is 6.00. The Labute approximate surface area is 153 Å². The van der Waals surface area contributed by atoms with Gasteiger partial charge < -0.3 is 16.8 Å². The van der Waals surface area contributed by atoms with E-state index in [-0.39, 0.29) is 30.6 Å². The van der Waals surface area contributed by atoms with Crippen molar-refractivity contribution < 1.29 is 9.18 Å². The molecule has 7 heteroatoms. The largest absolute Gasteiger partial charge is 0.381 e. The molecule has 0 radical (unpaired) electrons. The van der Waals surface area contributed by atoms with Gasteiger partial charge in [0.2, 0.25) is 5.91 Å². The summed E-state index contributed by atoms with van der Waals surface area (Å²) in [7, 11) is 0. The molecule has 2 aromatic rings. The van der Waals surface area contributed by atoms with Crippen LogP contribution in [0, 0.1) is 5.82 Å². The number of benzene rings is 2. The molecule has 2 rings (SSSR count). The fourth-order valence-electron chi connectivity index (χ4n) is 2.09. The summed E-state index contributed by atoms with van der Waals surface area (Å²) >= 11 is 0. The van der Waals surface area contributed by atoms with Gasteiger partial charge in [-0.05, 0) is 37.1 Å². The summed E-state index contributed by atoms with van der Waals surface area (Å²) in [5.41, 5.74) is 12.4. The minimum atomic E-state index is -1.07. The molecule has 5 N–H and O–H groups in total. The van der Waals surface area contributed by atoms with Gasteiger partial charge in [-0.2, -0.15) is 0 Å².